The number of methoxy groups -OCH3 is 1. The zero-order valence-electron chi connectivity index (χ0n) is 13.3. The van der Waals surface area contributed by atoms with Gasteiger partial charge in [-0.3, -0.25) is 0 Å². The number of aromatic nitrogens is 2. The van der Waals surface area contributed by atoms with E-state index in [1.807, 2.05) is 24.3 Å². The van der Waals surface area contributed by atoms with E-state index in [4.69, 9.17) is 4.74 Å². The summed E-state index contributed by atoms with van der Waals surface area (Å²) < 4.78 is 11.7. The van der Waals surface area contributed by atoms with E-state index in [2.05, 4.69) is 35.8 Å². The Morgan fingerprint density at radius 2 is 1.92 bits per heavy atom. The van der Waals surface area contributed by atoms with Crippen LogP contribution in [0.3, 0.4) is 0 Å². The fraction of sp³-hybridized carbons (Fsp3) is 0.353. The number of piperidine rings is 1. The molecule has 0 N–H and O–H groups in total. The number of carbonyl (C=O) groups excluding carboxylic acids is 1. The van der Waals surface area contributed by atoms with Gasteiger partial charge in [0.2, 0.25) is 0 Å². The van der Waals surface area contributed by atoms with Crippen molar-refractivity contribution >= 4 is 27.7 Å². The van der Waals surface area contributed by atoms with Crippen molar-refractivity contribution in [1.82, 2.24) is 10.2 Å². The van der Waals surface area contributed by atoms with Gasteiger partial charge in [0.1, 0.15) is 11.9 Å². The van der Waals surface area contributed by atoms with Gasteiger partial charge in [0.05, 0.1) is 11.6 Å². The molecule has 0 atom stereocenters. The van der Waals surface area contributed by atoms with E-state index in [0.29, 0.717) is 0 Å². The fourth-order valence-corrected chi connectivity index (χ4v) is 3.01. The number of hydrogen-bond donors (Lipinski definition) is 0. The van der Waals surface area contributed by atoms with Crippen LogP contribution in [0.15, 0.2) is 40.9 Å². The SMILES string of the molecule is COC(=O)c1ccc(N2CCC(Oc3ccccc3Br)CC2)nn1. The van der Waals surface area contributed by atoms with Crippen molar-refractivity contribution in [3.05, 3.63) is 46.6 Å². The van der Waals surface area contributed by atoms with E-state index in [9.17, 15) is 4.79 Å². The molecule has 2 heterocycles. The van der Waals surface area contributed by atoms with Crippen LogP contribution in [0.25, 0.3) is 0 Å². The quantitative estimate of drug-likeness (QED) is 0.746. The molecule has 1 aromatic heterocycles. The molecule has 1 fully saturated rings. The molecule has 0 radical (unpaired) electrons. The molecule has 2 aromatic rings. The summed E-state index contributed by atoms with van der Waals surface area (Å²) in [6.45, 7) is 1.67. The predicted molar refractivity (Wildman–Crippen MR) is 93.4 cm³/mol. The highest BCUT2D eigenvalue weighted by atomic mass is 79.9. The molecule has 24 heavy (non-hydrogen) atoms. The van der Waals surface area contributed by atoms with Crippen molar-refractivity contribution in [3.63, 3.8) is 0 Å². The number of ether oxygens (including phenoxy) is 2. The monoisotopic (exact) mass is 391 g/mol. The molecule has 0 spiro atoms. The molecule has 1 aliphatic heterocycles. The van der Waals surface area contributed by atoms with Gasteiger partial charge in [0, 0.05) is 25.9 Å². The first-order valence-electron chi connectivity index (χ1n) is 7.75. The number of hydrogen-bond acceptors (Lipinski definition) is 6. The maximum absolute atomic E-state index is 11.4. The van der Waals surface area contributed by atoms with Crippen molar-refractivity contribution in [3.8, 4) is 5.75 Å². The van der Waals surface area contributed by atoms with Gasteiger partial charge in [0.25, 0.3) is 0 Å². The predicted octanol–water partition coefficient (Wildman–Crippen LogP) is 3.07. The van der Waals surface area contributed by atoms with Gasteiger partial charge in [-0.2, -0.15) is 0 Å². The smallest absolute Gasteiger partial charge is 0.358 e. The summed E-state index contributed by atoms with van der Waals surface area (Å²) in [4.78, 5) is 13.5. The number of benzene rings is 1. The highest BCUT2D eigenvalue weighted by Crippen LogP contribution is 2.27. The normalized spacial score (nSPS) is 15.2. The number of esters is 1. The Labute approximate surface area is 148 Å². The Hall–Kier alpha value is -2.15. The Kier molecular flexibility index (Phi) is 5.30. The molecule has 6 nitrogen and oxygen atoms in total. The maximum atomic E-state index is 11.4. The van der Waals surface area contributed by atoms with Crippen LogP contribution < -0.4 is 9.64 Å². The molecule has 1 saturated heterocycles. The van der Waals surface area contributed by atoms with Crippen LogP contribution in [0, 0.1) is 0 Å². The Bertz CT molecular complexity index is 700. The minimum atomic E-state index is -0.477. The summed E-state index contributed by atoms with van der Waals surface area (Å²) >= 11 is 3.50. The fourth-order valence-electron chi connectivity index (χ4n) is 2.63. The zero-order valence-corrected chi connectivity index (χ0v) is 14.9. The van der Waals surface area contributed by atoms with Crippen LogP contribution in [0.1, 0.15) is 23.3 Å². The van der Waals surface area contributed by atoms with Crippen LogP contribution in [-0.4, -0.2) is 42.5 Å². The molecule has 0 aliphatic carbocycles. The summed E-state index contributed by atoms with van der Waals surface area (Å²) in [5.74, 6) is 1.16. The van der Waals surface area contributed by atoms with E-state index in [1.54, 1.807) is 12.1 Å². The third-order valence-electron chi connectivity index (χ3n) is 3.94. The van der Waals surface area contributed by atoms with Crippen molar-refractivity contribution < 1.29 is 14.3 Å². The number of carbonyl (C=O) groups is 1. The molecular formula is C17H18BrN3O3. The molecule has 7 heteroatoms. The Balaban J connectivity index is 1.57. The van der Waals surface area contributed by atoms with Gasteiger partial charge in [-0.05, 0) is 40.2 Å². The van der Waals surface area contributed by atoms with Gasteiger partial charge < -0.3 is 14.4 Å². The first-order chi connectivity index (χ1) is 11.7. The second-order valence-corrected chi connectivity index (χ2v) is 6.36. The second-order valence-electron chi connectivity index (χ2n) is 5.50. The van der Waals surface area contributed by atoms with Crippen molar-refractivity contribution in [2.45, 2.75) is 18.9 Å². The van der Waals surface area contributed by atoms with Crippen LogP contribution in [0.5, 0.6) is 5.75 Å². The molecule has 0 saturated carbocycles. The van der Waals surface area contributed by atoms with E-state index < -0.39 is 5.97 Å². The van der Waals surface area contributed by atoms with Crippen molar-refractivity contribution in [2.75, 3.05) is 25.1 Å². The van der Waals surface area contributed by atoms with Crippen molar-refractivity contribution in [2.24, 2.45) is 0 Å². The minimum absolute atomic E-state index is 0.183. The van der Waals surface area contributed by atoms with Gasteiger partial charge in [-0.1, -0.05) is 12.1 Å². The molecule has 126 valence electrons. The van der Waals surface area contributed by atoms with Crippen molar-refractivity contribution in [1.29, 1.82) is 0 Å². The average molecular weight is 392 g/mol. The molecule has 1 aromatic carbocycles. The number of halogens is 1. The molecule has 0 unspecified atom stereocenters. The lowest BCUT2D eigenvalue weighted by Gasteiger charge is -2.32. The summed E-state index contributed by atoms with van der Waals surface area (Å²) in [5, 5.41) is 8.04. The molecular weight excluding hydrogens is 374 g/mol. The van der Waals surface area contributed by atoms with E-state index >= 15 is 0 Å². The number of anilines is 1. The second kappa shape index (κ2) is 7.61. The molecule has 1 aliphatic rings. The first kappa shape index (κ1) is 16.7. The zero-order chi connectivity index (χ0) is 16.9. The molecule has 3 rings (SSSR count). The molecule has 0 bridgehead atoms. The third kappa shape index (κ3) is 3.84. The summed E-state index contributed by atoms with van der Waals surface area (Å²) in [7, 11) is 1.33. The summed E-state index contributed by atoms with van der Waals surface area (Å²) in [6.07, 6.45) is 1.99. The standard InChI is InChI=1S/C17H18BrN3O3/c1-23-17(22)14-6-7-16(20-19-14)21-10-8-12(9-11-21)24-15-5-3-2-4-13(15)18/h2-7,12H,8-11H2,1H3. The Morgan fingerprint density at radius 3 is 2.54 bits per heavy atom. The lowest BCUT2D eigenvalue weighted by Crippen LogP contribution is -2.38. The average Bonchev–Trinajstić information content (AvgIpc) is 2.64. The topological polar surface area (TPSA) is 64.5 Å². The Morgan fingerprint density at radius 1 is 1.17 bits per heavy atom. The number of nitrogens with zero attached hydrogens (tertiary/aromatic N) is 3. The maximum Gasteiger partial charge on any atom is 0.358 e. The minimum Gasteiger partial charge on any atom is -0.489 e. The van der Waals surface area contributed by atoms with Gasteiger partial charge >= 0.3 is 5.97 Å². The number of rotatable bonds is 4. The largest absolute Gasteiger partial charge is 0.489 e. The lowest BCUT2D eigenvalue weighted by molar-refractivity contribution is 0.0592. The van der Waals surface area contributed by atoms with E-state index in [-0.39, 0.29) is 11.8 Å². The van der Waals surface area contributed by atoms with Crippen LogP contribution >= 0.6 is 15.9 Å². The van der Waals surface area contributed by atoms with Gasteiger partial charge in [0.15, 0.2) is 11.5 Å². The number of para-hydroxylation sites is 1. The van der Waals surface area contributed by atoms with Gasteiger partial charge in [-0.25, -0.2) is 4.79 Å². The third-order valence-corrected chi connectivity index (χ3v) is 4.60. The summed E-state index contributed by atoms with van der Waals surface area (Å²) in [5.41, 5.74) is 0.216. The van der Waals surface area contributed by atoms with Crippen LogP contribution in [0.2, 0.25) is 0 Å². The van der Waals surface area contributed by atoms with Crippen LogP contribution in [0.4, 0.5) is 5.82 Å². The van der Waals surface area contributed by atoms with Crippen LogP contribution in [-0.2, 0) is 4.74 Å². The highest BCUT2D eigenvalue weighted by molar-refractivity contribution is 9.10. The van der Waals surface area contributed by atoms with E-state index in [0.717, 1.165) is 42.0 Å². The highest BCUT2D eigenvalue weighted by Gasteiger charge is 2.22. The first-order valence-corrected chi connectivity index (χ1v) is 8.55. The van der Waals surface area contributed by atoms with Gasteiger partial charge in [-0.15, -0.1) is 10.2 Å². The lowest BCUT2D eigenvalue weighted by atomic mass is 10.1. The molecule has 0 amide bonds. The summed E-state index contributed by atoms with van der Waals surface area (Å²) in [6, 6.07) is 11.3. The van der Waals surface area contributed by atoms with E-state index in [1.165, 1.54) is 7.11 Å².